The number of aromatic nitrogens is 2. The standard InChI is InChI=1S/C29H24BrClN4O3/c30-22-12-11-19(17-23(22)31)27(37)33-15-16-34-24(18-33)25(35(28(34)38)21-9-5-2-6-10-21)26(36)32-29(13-14-29)20-7-3-1-4-8-20/h1-12,17H,13-16,18H2,(H,32,36). The first kappa shape index (κ1) is 24.7. The summed E-state index contributed by atoms with van der Waals surface area (Å²) in [5.74, 6) is -0.540. The molecule has 1 N–H and O–H groups in total. The largest absolute Gasteiger partial charge is 0.341 e. The molecule has 2 aliphatic rings. The van der Waals surface area contributed by atoms with Crippen LogP contribution in [0.25, 0.3) is 5.69 Å². The van der Waals surface area contributed by atoms with Crippen molar-refractivity contribution in [1.29, 1.82) is 0 Å². The first-order valence-electron chi connectivity index (χ1n) is 12.4. The highest BCUT2D eigenvalue weighted by molar-refractivity contribution is 9.10. The van der Waals surface area contributed by atoms with Crippen LogP contribution in [-0.4, -0.2) is 32.4 Å². The van der Waals surface area contributed by atoms with Crippen LogP contribution < -0.4 is 11.0 Å². The third kappa shape index (κ3) is 4.27. The van der Waals surface area contributed by atoms with Gasteiger partial charge < -0.3 is 10.2 Å². The van der Waals surface area contributed by atoms with E-state index in [0.717, 1.165) is 18.4 Å². The van der Waals surface area contributed by atoms with Crippen molar-refractivity contribution in [1.82, 2.24) is 19.4 Å². The monoisotopic (exact) mass is 590 g/mol. The van der Waals surface area contributed by atoms with Gasteiger partial charge in [0.1, 0.15) is 5.69 Å². The summed E-state index contributed by atoms with van der Waals surface area (Å²) in [6, 6.07) is 24.1. The van der Waals surface area contributed by atoms with Gasteiger partial charge in [0.25, 0.3) is 11.8 Å². The average molecular weight is 592 g/mol. The Labute approximate surface area is 232 Å². The number of hydrogen-bond donors (Lipinski definition) is 1. The van der Waals surface area contributed by atoms with Gasteiger partial charge in [0, 0.05) is 23.1 Å². The van der Waals surface area contributed by atoms with Gasteiger partial charge in [0.2, 0.25) is 0 Å². The zero-order valence-corrected chi connectivity index (χ0v) is 22.7. The van der Waals surface area contributed by atoms with Gasteiger partial charge in [0.05, 0.1) is 28.5 Å². The summed E-state index contributed by atoms with van der Waals surface area (Å²) in [5, 5.41) is 3.67. The molecule has 2 heterocycles. The number of benzene rings is 3. The number of rotatable bonds is 5. The summed E-state index contributed by atoms with van der Waals surface area (Å²) in [7, 11) is 0. The van der Waals surface area contributed by atoms with Gasteiger partial charge >= 0.3 is 5.69 Å². The van der Waals surface area contributed by atoms with Gasteiger partial charge in [0.15, 0.2) is 0 Å². The number of carbonyl (C=O) groups excluding carboxylic acids is 2. The maximum Gasteiger partial charge on any atom is 0.333 e. The van der Waals surface area contributed by atoms with E-state index >= 15 is 0 Å². The van der Waals surface area contributed by atoms with E-state index in [1.54, 1.807) is 39.8 Å². The van der Waals surface area contributed by atoms with Crippen molar-refractivity contribution in [2.24, 2.45) is 0 Å². The normalized spacial score (nSPS) is 15.6. The number of imidazole rings is 1. The van der Waals surface area contributed by atoms with E-state index in [0.29, 0.717) is 33.0 Å². The minimum absolute atomic E-state index is 0.128. The average Bonchev–Trinajstić information content (AvgIpc) is 3.67. The quantitative estimate of drug-likeness (QED) is 0.350. The molecule has 1 fully saturated rings. The molecule has 1 saturated carbocycles. The van der Waals surface area contributed by atoms with E-state index < -0.39 is 5.54 Å². The number of halogens is 2. The van der Waals surface area contributed by atoms with E-state index in [1.807, 2.05) is 48.5 Å². The smallest absolute Gasteiger partial charge is 0.333 e. The molecule has 9 heteroatoms. The minimum Gasteiger partial charge on any atom is -0.341 e. The summed E-state index contributed by atoms with van der Waals surface area (Å²) >= 11 is 9.59. The molecule has 1 aliphatic heterocycles. The van der Waals surface area contributed by atoms with Crippen LogP contribution in [0.2, 0.25) is 5.02 Å². The molecule has 0 spiro atoms. The van der Waals surface area contributed by atoms with E-state index in [4.69, 9.17) is 11.6 Å². The molecule has 4 aromatic rings. The van der Waals surface area contributed by atoms with Crippen LogP contribution in [0.5, 0.6) is 0 Å². The molecule has 2 amide bonds. The van der Waals surface area contributed by atoms with Crippen molar-refractivity contribution in [3.63, 3.8) is 0 Å². The highest BCUT2D eigenvalue weighted by Crippen LogP contribution is 2.45. The molecule has 7 nitrogen and oxygen atoms in total. The van der Waals surface area contributed by atoms with Crippen LogP contribution in [0, 0.1) is 0 Å². The van der Waals surface area contributed by atoms with Crippen molar-refractivity contribution < 1.29 is 9.59 Å². The van der Waals surface area contributed by atoms with E-state index in [9.17, 15) is 14.4 Å². The van der Waals surface area contributed by atoms with Gasteiger partial charge in [-0.15, -0.1) is 0 Å². The molecule has 192 valence electrons. The topological polar surface area (TPSA) is 76.3 Å². The highest BCUT2D eigenvalue weighted by Gasteiger charge is 2.46. The second-order valence-electron chi connectivity index (χ2n) is 9.66. The Morgan fingerprint density at radius 1 is 0.921 bits per heavy atom. The fourth-order valence-corrected chi connectivity index (χ4v) is 5.57. The molecule has 1 aromatic heterocycles. The summed E-state index contributed by atoms with van der Waals surface area (Å²) < 4.78 is 3.79. The second kappa shape index (κ2) is 9.60. The van der Waals surface area contributed by atoms with Crippen molar-refractivity contribution in [2.75, 3.05) is 6.54 Å². The number of nitrogens with zero attached hydrogens (tertiary/aromatic N) is 3. The molecule has 0 unspecified atom stereocenters. The van der Waals surface area contributed by atoms with Crippen LogP contribution >= 0.6 is 27.5 Å². The molecule has 6 rings (SSSR count). The van der Waals surface area contributed by atoms with E-state index in [2.05, 4.69) is 21.2 Å². The van der Waals surface area contributed by atoms with Crippen LogP contribution in [0.3, 0.4) is 0 Å². The zero-order valence-electron chi connectivity index (χ0n) is 20.4. The van der Waals surface area contributed by atoms with Crippen LogP contribution in [0.15, 0.2) is 88.1 Å². The van der Waals surface area contributed by atoms with Crippen molar-refractivity contribution in [2.45, 2.75) is 31.5 Å². The van der Waals surface area contributed by atoms with Crippen LogP contribution in [-0.2, 0) is 18.6 Å². The molecule has 1 aliphatic carbocycles. The van der Waals surface area contributed by atoms with Crippen molar-refractivity contribution in [3.05, 3.63) is 121 Å². The lowest BCUT2D eigenvalue weighted by Gasteiger charge is -2.28. The maximum atomic E-state index is 14.0. The minimum atomic E-state index is -0.455. The molecule has 38 heavy (non-hydrogen) atoms. The molecular formula is C29H24BrClN4O3. The van der Waals surface area contributed by atoms with Gasteiger partial charge in [-0.3, -0.25) is 18.7 Å². The number of para-hydroxylation sites is 1. The van der Waals surface area contributed by atoms with Gasteiger partial charge in [-0.05, 0) is 64.7 Å². The number of carbonyl (C=O) groups is 2. The molecule has 0 bridgehead atoms. The highest BCUT2D eigenvalue weighted by atomic mass is 79.9. The lowest BCUT2D eigenvalue weighted by Crippen LogP contribution is -2.41. The maximum absolute atomic E-state index is 14.0. The SMILES string of the molecule is O=C(NC1(c2ccccc2)CC1)c1c2n(c(=O)n1-c1ccccc1)CCN(C(=O)c1ccc(Br)c(Cl)c1)C2. The third-order valence-electron chi connectivity index (χ3n) is 7.29. The van der Waals surface area contributed by atoms with Crippen molar-refractivity contribution >= 4 is 39.3 Å². The third-order valence-corrected chi connectivity index (χ3v) is 8.52. The lowest BCUT2D eigenvalue weighted by molar-refractivity contribution is 0.0706. The fraction of sp³-hybridized carbons (Fsp3) is 0.207. The predicted molar refractivity (Wildman–Crippen MR) is 149 cm³/mol. The molecule has 0 saturated heterocycles. The first-order chi connectivity index (χ1) is 18.4. The lowest BCUT2D eigenvalue weighted by atomic mass is 10.0. The summed E-state index contributed by atoms with van der Waals surface area (Å²) in [4.78, 5) is 42.7. The number of fused-ring (bicyclic) bond motifs is 1. The Bertz CT molecular complexity index is 1610. The number of nitrogens with one attached hydrogen (secondary N) is 1. The Morgan fingerprint density at radius 3 is 2.26 bits per heavy atom. The zero-order chi connectivity index (χ0) is 26.4. The first-order valence-corrected chi connectivity index (χ1v) is 13.6. The number of amides is 2. The summed E-state index contributed by atoms with van der Waals surface area (Å²) in [6.45, 7) is 0.754. The van der Waals surface area contributed by atoms with Gasteiger partial charge in [-0.1, -0.05) is 60.1 Å². The van der Waals surface area contributed by atoms with Crippen LogP contribution in [0.4, 0.5) is 0 Å². The van der Waals surface area contributed by atoms with E-state index in [1.165, 1.54) is 4.57 Å². The Hall–Kier alpha value is -3.62. The Kier molecular flexibility index (Phi) is 6.24. The Balaban J connectivity index is 1.40. The molecule has 0 radical (unpaired) electrons. The van der Waals surface area contributed by atoms with Gasteiger partial charge in [-0.2, -0.15) is 0 Å². The van der Waals surface area contributed by atoms with Crippen LogP contribution in [0.1, 0.15) is 44.9 Å². The Morgan fingerprint density at radius 2 is 1.61 bits per heavy atom. The molecular weight excluding hydrogens is 568 g/mol. The molecule has 3 aromatic carbocycles. The fourth-order valence-electron chi connectivity index (χ4n) is 5.14. The summed E-state index contributed by atoms with van der Waals surface area (Å²) in [5.41, 5.74) is 2.12. The second-order valence-corrected chi connectivity index (χ2v) is 10.9. The van der Waals surface area contributed by atoms with E-state index in [-0.39, 0.29) is 36.3 Å². The predicted octanol–water partition coefficient (Wildman–Crippen LogP) is 5.13. The molecule has 0 atom stereocenters. The summed E-state index contributed by atoms with van der Waals surface area (Å²) in [6.07, 6.45) is 1.65. The van der Waals surface area contributed by atoms with Gasteiger partial charge in [-0.25, -0.2) is 4.79 Å². The number of hydrogen-bond acceptors (Lipinski definition) is 3. The van der Waals surface area contributed by atoms with Crippen molar-refractivity contribution in [3.8, 4) is 5.69 Å².